The van der Waals surface area contributed by atoms with Gasteiger partial charge in [-0.05, 0) is 34.9 Å². The molecule has 3 atom stereocenters. The van der Waals surface area contributed by atoms with Crippen LogP contribution in [0.1, 0.15) is 16.7 Å². The van der Waals surface area contributed by atoms with E-state index in [9.17, 15) is 0 Å². The molecule has 0 saturated carbocycles. The van der Waals surface area contributed by atoms with Crippen molar-refractivity contribution in [2.45, 2.75) is 17.6 Å². The predicted octanol–water partition coefficient (Wildman–Crippen LogP) is 4.24. The topological polar surface area (TPSA) is 39.7 Å². The third-order valence-corrected chi connectivity index (χ3v) is 6.12. The molecule has 0 spiro atoms. The number of fused-ring (bicyclic) bond motifs is 1. The van der Waals surface area contributed by atoms with Crippen molar-refractivity contribution < 1.29 is 14.2 Å². The molecule has 3 aromatic carbocycles. The van der Waals surface area contributed by atoms with Gasteiger partial charge in [0, 0.05) is 5.69 Å². The van der Waals surface area contributed by atoms with Crippen molar-refractivity contribution in [1.82, 2.24) is 0 Å². The van der Waals surface area contributed by atoms with E-state index in [2.05, 4.69) is 72.0 Å². The van der Waals surface area contributed by atoms with Crippen LogP contribution in [0.5, 0.6) is 5.75 Å². The minimum absolute atomic E-state index is 0.0102. The third kappa shape index (κ3) is 2.91. The molecule has 0 radical (unpaired) electrons. The van der Waals surface area contributed by atoms with Crippen molar-refractivity contribution in [3.63, 3.8) is 0 Å². The normalized spacial score (nSPS) is 25.8. The van der Waals surface area contributed by atoms with Gasteiger partial charge in [0.2, 0.25) is 0 Å². The molecule has 0 bridgehead atoms. The second kappa shape index (κ2) is 7.54. The maximum Gasteiger partial charge on any atom is 0.118 e. The average Bonchev–Trinajstić information content (AvgIpc) is 3.16. The molecule has 3 unspecified atom stereocenters. The summed E-state index contributed by atoms with van der Waals surface area (Å²) in [6.07, 6.45) is -0.0570. The summed E-state index contributed by atoms with van der Waals surface area (Å²) in [5.74, 6) is 0.852. The Morgan fingerprint density at radius 3 is 2.31 bits per heavy atom. The Morgan fingerprint density at radius 2 is 1.59 bits per heavy atom. The Balaban J connectivity index is 1.77. The van der Waals surface area contributed by atoms with E-state index in [1.807, 2.05) is 12.1 Å². The summed E-state index contributed by atoms with van der Waals surface area (Å²) in [5, 5.41) is 3.78. The van der Waals surface area contributed by atoms with E-state index in [0.717, 1.165) is 11.4 Å². The minimum Gasteiger partial charge on any atom is -0.497 e. The number of hydrogen-bond donors (Lipinski definition) is 1. The molecule has 1 N–H and O–H groups in total. The van der Waals surface area contributed by atoms with E-state index in [1.54, 1.807) is 7.11 Å². The molecule has 4 nitrogen and oxygen atoms in total. The van der Waals surface area contributed by atoms with E-state index >= 15 is 0 Å². The number of methoxy groups -OCH3 is 1. The van der Waals surface area contributed by atoms with E-state index in [0.29, 0.717) is 19.8 Å². The van der Waals surface area contributed by atoms with Crippen molar-refractivity contribution in [3.05, 3.63) is 95.6 Å². The highest BCUT2D eigenvalue weighted by atomic mass is 16.6. The van der Waals surface area contributed by atoms with Gasteiger partial charge in [0.15, 0.2) is 0 Å². The molecular formula is C25H25NO3. The lowest BCUT2D eigenvalue weighted by molar-refractivity contribution is -0.0981. The zero-order chi connectivity index (χ0) is 19.7. The Kier molecular flexibility index (Phi) is 4.74. The van der Waals surface area contributed by atoms with Crippen LogP contribution in [0.4, 0.5) is 5.69 Å². The number of para-hydroxylation sites is 1. The van der Waals surface area contributed by atoms with Crippen molar-refractivity contribution in [3.8, 4) is 5.75 Å². The first-order valence-corrected chi connectivity index (χ1v) is 10.1. The van der Waals surface area contributed by atoms with Crippen LogP contribution in [0.15, 0.2) is 78.9 Å². The molecule has 0 aromatic heterocycles. The molecule has 148 valence electrons. The van der Waals surface area contributed by atoms with E-state index in [-0.39, 0.29) is 12.1 Å². The van der Waals surface area contributed by atoms with E-state index in [4.69, 9.17) is 14.2 Å². The molecule has 5 rings (SSSR count). The minimum atomic E-state index is -0.393. The van der Waals surface area contributed by atoms with Gasteiger partial charge in [0.1, 0.15) is 11.9 Å². The van der Waals surface area contributed by atoms with Gasteiger partial charge in [-0.3, -0.25) is 0 Å². The maximum absolute atomic E-state index is 6.22. The molecule has 0 amide bonds. The van der Waals surface area contributed by atoms with Gasteiger partial charge in [0.05, 0.1) is 38.4 Å². The van der Waals surface area contributed by atoms with E-state index in [1.165, 1.54) is 16.7 Å². The van der Waals surface area contributed by atoms with Crippen LogP contribution in [0, 0.1) is 0 Å². The highest BCUT2D eigenvalue weighted by Gasteiger charge is 2.53. The number of ether oxygens (including phenoxy) is 3. The number of benzene rings is 3. The van der Waals surface area contributed by atoms with Gasteiger partial charge in [0.25, 0.3) is 0 Å². The molecule has 2 aliphatic heterocycles. The maximum atomic E-state index is 6.22. The van der Waals surface area contributed by atoms with Crippen LogP contribution in [-0.2, 0) is 14.9 Å². The molecule has 0 aliphatic carbocycles. The van der Waals surface area contributed by atoms with Gasteiger partial charge in [-0.25, -0.2) is 0 Å². The SMILES string of the molecule is COc1ccc(C2(c3ccccc3)c3ccccc3NC2C2COCCO2)cc1. The number of rotatable bonds is 4. The number of nitrogens with one attached hydrogen (secondary N) is 1. The summed E-state index contributed by atoms with van der Waals surface area (Å²) in [5.41, 5.74) is 4.46. The molecule has 4 heteroatoms. The first-order valence-electron chi connectivity index (χ1n) is 10.1. The molecule has 29 heavy (non-hydrogen) atoms. The Bertz CT molecular complexity index is 967. The summed E-state index contributed by atoms with van der Waals surface area (Å²) in [6, 6.07) is 27.7. The standard InChI is InChI=1S/C25H25NO3/c1-27-20-13-11-19(12-14-20)25(18-7-3-2-4-8-18)21-9-5-6-10-22(21)26-24(25)23-17-28-15-16-29-23/h2-14,23-24,26H,15-17H2,1H3. The largest absolute Gasteiger partial charge is 0.497 e. The van der Waals surface area contributed by atoms with Gasteiger partial charge in [-0.15, -0.1) is 0 Å². The Hall–Kier alpha value is -2.82. The van der Waals surface area contributed by atoms with Crippen LogP contribution in [0.3, 0.4) is 0 Å². The van der Waals surface area contributed by atoms with Crippen molar-refractivity contribution in [2.24, 2.45) is 0 Å². The summed E-state index contributed by atoms with van der Waals surface area (Å²) in [6.45, 7) is 1.85. The zero-order valence-electron chi connectivity index (χ0n) is 16.5. The van der Waals surface area contributed by atoms with Crippen LogP contribution in [0.2, 0.25) is 0 Å². The van der Waals surface area contributed by atoms with Crippen LogP contribution < -0.4 is 10.1 Å². The first-order chi connectivity index (χ1) is 14.3. The fraction of sp³-hybridized carbons (Fsp3) is 0.280. The van der Waals surface area contributed by atoms with Gasteiger partial charge < -0.3 is 19.5 Å². The average molecular weight is 387 g/mol. The molecule has 1 fully saturated rings. The van der Waals surface area contributed by atoms with Gasteiger partial charge in [-0.1, -0.05) is 60.7 Å². The lowest BCUT2D eigenvalue weighted by Gasteiger charge is -2.42. The fourth-order valence-electron chi connectivity index (χ4n) is 4.86. The molecule has 1 saturated heterocycles. The smallest absolute Gasteiger partial charge is 0.118 e. The number of hydrogen-bond acceptors (Lipinski definition) is 4. The van der Waals surface area contributed by atoms with Gasteiger partial charge in [-0.2, -0.15) is 0 Å². The van der Waals surface area contributed by atoms with Crippen LogP contribution in [0.25, 0.3) is 0 Å². The monoisotopic (exact) mass is 387 g/mol. The second-order valence-corrected chi connectivity index (χ2v) is 7.55. The molecule has 2 aliphatic rings. The van der Waals surface area contributed by atoms with Crippen LogP contribution in [-0.4, -0.2) is 39.1 Å². The van der Waals surface area contributed by atoms with Gasteiger partial charge >= 0.3 is 0 Å². The van der Waals surface area contributed by atoms with E-state index < -0.39 is 5.41 Å². The highest BCUT2D eigenvalue weighted by molar-refractivity contribution is 5.71. The Morgan fingerprint density at radius 1 is 0.862 bits per heavy atom. The molecular weight excluding hydrogens is 362 g/mol. The van der Waals surface area contributed by atoms with Crippen molar-refractivity contribution >= 4 is 5.69 Å². The lowest BCUT2D eigenvalue weighted by atomic mass is 9.65. The highest BCUT2D eigenvalue weighted by Crippen LogP contribution is 2.52. The summed E-state index contributed by atoms with van der Waals surface area (Å²) < 4.78 is 17.5. The first kappa shape index (κ1) is 18.2. The van der Waals surface area contributed by atoms with Crippen LogP contribution >= 0.6 is 0 Å². The zero-order valence-corrected chi connectivity index (χ0v) is 16.5. The third-order valence-electron chi connectivity index (χ3n) is 6.12. The molecule has 2 heterocycles. The summed E-state index contributed by atoms with van der Waals surface area (Å²) in [7, 11) is 1.70. The predicted molar refractivity (Wildman–Crippen MR) is 114 cm³/mol. The number of anilines is 1. The van der Waals surface area contributed by atoms with Crippen molar-refractivity contribution in [1.29, 1.82) is 0 Å². The fourth-order valence-corrected chi connectivity index (χ4v) is 4.86. The summed E-state index contributed by atoms with van der Waals surface area (Å²) in [4.78, 5) is 0. The summed E-state index contributed by atoms with van der Waals surface area (Å²) >= 11 is 0. The molecule has 3 aromatic rings. The Labute approximate surface area is 171 Å². The quantitative estimate of drug-likeness (QED) is 0.727. The second-order valence-electron chi connectivity index (χ2n) is 7.55. The lowest BCUT2D eigenvalue weighted by Crippen LogP contribution is -2.52. The van der Waals surface area contributed by atoms with Crippen molar-refractivity contribution in [2.75, 3.05) is 32.2 Å².